The number of hydrogen-bond donors (Lipinski definition) is 1. The van der Waals surface area contributed by atoms with E-state index in [1.807, 2.05) is 41.1 Å². The number of aromatic nitrogens is 3. The maximum absolute atomic E-state index is 13.1. The number of nitrogens with zero attached hydrogens (tertiary/aromatic N) is 3. The van der Waals surface area contributed by atoms with E-state index in [0.29, 0.717) is 30.5 Å². The average molecular weight is 491 g/mol. The fourth-order valence-corrected chi connectivity index (χ4v) is 5.28. The van der Waals surface area contributed by atoms with Gasteiger partial charge in [-0.1, -0.05) is 55.1 Å². The van der Waals surface area contributed by atoms with Gasteiger partial charge in [0, 0.05) is 29.9 Å². The van der Waals surface area contributed by atoms with Gasteiger partial charge in [0.1, 0.15) is 6.04 Å². The number of anilines is 1. The largest absolute Gasteiger partial charge is 0.493 e. The van der Waals surface area contributed by atoms with Crippen LogP contribution in [0.25, 0.3) is 0 Å². The van der Waals surface area contributed by atoms with Gasteiger partial charge in [-0.05, 0) is 42.5 Å². The number of nitrogens with one attached hydrogen (secondary N) is 1. The van der Waals surface area contributed by atoms with Crippen molar-refractivity contribution in [1.29, 1.82) is 0 Å². The molecule has 1 aliphatic carbocycles. The number of fused-ring (bicyclic) bond motifs is 1. The van der Waals surface area contributed by atoms with E-state index in [9.17, 15) is 4.79 Å². The summed E-state index contributed by atoms with van der Waals surface area (Å²) < 4.78 is 13.6. The second-order valence-electron chi connectivity index (χ2n) is 8.70. The molecule has 1 atom stereocenters. The molecular formula is C27H30N4O3S. The minimum Gasteiger partial charge on any atom is -0.493 e. The molecule has 0 fully saturated rings. The van der Waals surface area contributed by atoms with Crippen LogP contribution in [0, 0.1) is 0 Å². The molecule has 1 aromatic heterocycles. The van der Waals surface area contributed by atoms with Gasteiger partial charge in [-0.2, -0.15) is 4.98 Å². The van der Waals surface area contributed by atoms with Crippen LogP contribution in [0.5, 0.6) is 11.5 Å². The molecule has 35 heavy (non-hydrogen) atoms. The number of rotatable bonds is 9. The lowest BCUT2D eigenvalue weighted by Crippen LogP contribution is -2.31. The Morgan fingerprint density at radius 2 is 2.00 bits per heavy atom. The van der Waals surface area contributed by atoms with Crippen LogP contribution in [0.2, 0.25) is 0 Å². The standard InChI is InChI=1S/C27H30N4O3S/c1-3-16-35-27-29-26-28-20-10-7-11-21(32)24(20)25(31(26)30-27)19-12-13-22(23(17-19)33-2)34-15-14-18-8-5-4-6-9-18/h4-6,8-9,12-13,17,25H,3,7,10-11,14-16H2,1-2H3,(H,28,29,30). The van der Waals surface area contributed by atoms with Gasteiger partial charge in [-0.25, -0.2) is 4.68 Å². The highest BCUT2D eigenvalue weighted by atomic mass is 32.2. The first-order chi connectivity index (χ1) is 17.2. The highest BCUT2D eigenvalue weighted by molar-refractivity contribution is 7.99. The maximum atomic E-state index is 13.1. The minimum absolute atomic E-state index is 0.162. The second kappa shape index (κ2) is 10.6. The van der Waals surface area contributed by atoms with E-state index in [-0.39, 0.29) is 11.8 Å². The number of methoxy groups -OCH3 is 1. The summed E-state index contributed by atoms with van der Waals surface area (Å²) in [6.07, 6.45) is 4.09. The molecular weight excluding hydrogens is 460 g/mol. The van der Waals surface area contributed by atoms with Crippen LogP contribution in [-0.4, -0.2) is 40.0 Å². The molecule has 1 N–H and O–H groups in total. The SMILES string of the molecule is CCCSc1nc2n(n1)C(c1ccc(OCCc3ccccc3)c(OC)c1)C1=C(CCCC1=O)N2. The van der Waals surface area contributed by atoms with Crippen molar-refractivity contribution in [1.82, 2.24) is 14.8 Å². The number of hydrogen-bond acceptors (Lipinski definition) is 7. The molecule has 0 radical (unpaired) electrons. The van der Waals surface area contributed by atoms with Crippen LogP contribution in [0.15, 0.2) is 65.0 Å². The molecule has 0 saturated carbocycles. The fraction of sp³-hybridized carbons (Fsp3) is 0.370. The summed E-state index contributed by atoms with van der Waals surface area (Å²) >= 11 is 1.63. The van der Waals surface area contributed by atoms with Crippen LogP contribution in [0.3, 0.4) is 0 Å². The first-order valence-corrected chi connectivity index (χ1v) is 13.1. The number of allylic oxidation sites excluding steroid dienone is 2. The van der Waals surface area contributed by atoms with E-state index < -0.39 is 0 Å². The Hall–Kier alpha value is -3.26. The molecule has 0 spiro atoms. The summed E-state index contributed by atoms with van der Waals surface area (Å²) in [5, 5.41) is 8.89. The van der Waals surface area contributed by atoms with Crippen LogP contribution < -0.4 is 14.8 Å². The average Bonchev–Trinajstić information content (AvgIpc) is 3.29. The summed E-state index contributed by atoms with van der Waals surface area (Å²) in [7, 11) is 1.64. The quantitative estimate of drug-likeness (QED) is 0.401. The Bertz CT molecular complexity index is 1240. The zero-order chi connectivity index (χ0) is 24.2. The molecule has 2 aliphatic rings. The number of thioether (sulfide) groups is 1. The molecule has 182 valence electrons. The number of ether oxygens (including phenoxy) is 2. The fourth-order valence-electron chi connectivity index (χ4n) is 4.60. The predicted octanol–water partition coefficient (Wildman–Crippen LogP) is 5.43. The third kappa shape index (κ3) is 4.93. The Kier molecular flexibility index (Phi) is 7.08. The number of carbonyl (C=O) groups is 1. The van der Waals surface area contributed by atoms with Gasteiger partial charge < -0.3 is 14.8 Å². The zero-order valence-corrected chi connectivity index (χ0v) is 20.9. The lowest BCUT2D eigenvalue weighted by molar-refractivity contribution is -0.116. The molecule has 2 aromatic carbocycles. The van der Waals surface area contributed by atoms with Crippen LogP contribution in [0.4, 0.5) is 5.95 Å². The van der Waals surface area contributed by atoms with Gasteiger partial charge in [-0.3, -0.25) is 4.79 Å². The third-order valence-electron chi connectivity index (χ3n) is 6.28. The molecule has 8 heteroatoms. The van der Waals surface area contributed by atoms with Crippen molar-refractivity contribution in [3.05, 3.63) is 70.9 Å². The third-order valence-corrected chi connectivity index (χ3v) is 7.32. The summed E-state index contributed by atoms with van der Waals surface area (Å²) in [6.45, 7) is 2.69. The van der Waals surface area contributed by atoms with E-state index in [4.69, 9.17) is 19.6 Å². The van der Waals surface area contributed by atoms with Crippen molar-refractivity contribution in [2.45, 2.75) is 50.2 Å². The first kappa shape index (κ1) is 23.5. The monoisotopic (exact) mass is 490 g/mol. The van der Waals surface area contributed by atoms with E-state index in [1.54, 1.807) is 18.9 Å². The van der Waals surface area contributed by atoms with E-state index in [2.05, 4.69) is 24.4 Å². The molecule has 7 nitrogen and oxygen atoms in total. The predicted molar refractivity (Wildman–Crippen MR) is 137 cm³/mol. The van der Waals surface area contributed by atoms with Gasteiger partial charge in [0.05, 0.1) is 13.7 Å². The van der Waals surface area contributed by atoms with Gasteiger partial charge >= 0.3 is 0 Å². The number of Topliss-reactive ketones (excluding diaryl/α,β-unsaturated/α-hetero) is 1. The van der Waals surface area contributed by atoms with Crippen molar-refractivity contribution in [3.8, 4) is 11.5 Å². The van der Waals surface area contributed by atoms with Gasteiger partial charge in [-0.15, -0.1) is 5.10 Å². The van der Waals surface area contributed by atoms with E-state index >= 15 is 0 Å². The molecule has 1 unspecified atom stereocenters. The Balaban J connectivity index is 1.45. The number of carbonyl (C=O) groups excluding carboxylic acids is 1. The normalized spacial score (nSPS) is 17.0. The highest BCUT2D eigenvalue weighted by Gasteiger charge is 2.37. The Morgan fingerprint density at radius 3 is 2.80 bits per heavy atom. The molecule has 0 amide bonds. The smallest absolute Gasteiger partial charge is 0.227 e. The first-order valence-electron chi connectivity index (χ1n) is 12.1. The molecule has 1 aliphatic heterocycles. The van der Waals surface area contributed by atoms with Crippen LogP contribution in [-0.2, 0) is 11.2 Å². The van der Waals surface area contributed by atoms with Crippen molar-refractivity contribution in [3.63, 3.8) is 0 Å². The molecule has 2 heterocycles. The molecule has 0 saturated heterocycles. The zero-order valence-electron chi connectivity index (χ0n) is 20.1. The highest BCUT2D eigenvalue weighted by Crippen LogP contribution is 2.42. The van der Waals surface area contributed by atoms with Gasteiger partial charge in [0.25, 0.3) is 0 Å². The lowest BCUT2D eigenvalue weighted by Gasteiger charge is -2.32. The molecule has 0 bridgehead atoms. The molecule has 5 rings (SSSR count). The van der Waals surface area contributed by atoms with Crippen molar-refractivity contribution in [2.24, 2.45) is 0 Å². The summed E-state index contributed by atoms with van der Waals surface area (Å²) in [5.74, 6) is 3.12. The van der Waals surface area contributed by atoms with Gasteiger partial charge in [0.15, 0.2) is 17.3 Å². The van der Waals surface area contributed by atoms with Crippen molar-refractivity contribution in [2.75, 3.05) is 24.8 Å². The van der Waals surface area contributed by atoms with Crippen molar-refractivity contribution < 1.29 is 14.3 Å². The van der Waals surface area contributed by atoms with Crippen LogP contribution >= 0.6 is 11.8 Å². The lowest BCUT2D eigenvalue weighted by atomic mass is 9.85. The number of benzene rings is 2. The summed E-state index contributed by atoms with van der Waals surface area (Å²) in [6, 6.07) is 15.8. The molecule has 3 aromatic rings. The Labute approximate surface area is 209 Å². The summed E-state index contributed by atoms with van der Waals surface area (Å²) in [4.78, 5) is 17.8. The second-order valence-corrected chi connectivity index (χ2v) is 9.76. The van der Waals surface area contributed by atoms with E-state index in [0.717, 1.165) is 53.4 Å². The maximum Gasteiger partial charge on any atom is 0.227 e. The van der Waals surface area contributed by atoms with Crippen LogP contribution in [0.1, 0.15) is 49.8 Å². The summed E-state index contributed by atoms with van der Waals surface area (Å²) in [5.41, 5.74) is 3.89. The number of ketones is 1. The Morgan fingerprint density at radius 1 is 1.14 bits per heavy atom. The van der Waals surface area contributed by atoms with Gasteiger partial charge in [0.2, 0.25) is 11.1 Å². The minimum atomic E-state index is -0.343. The van der Waals surface area contributed by atoms with Crippen molar-refractivity contribution >= 4 is 23.5 Å². The topological polar surface area (TPSA) is 78.3 Å². The van der Waals surface area contributed by atoms with E-state index in [1.165, 1.54) is 5.56 Å².